The van der Waals surface area contributed by atoms with Gasteiger partial charge in [-0.2, -0.15) is 0 Å². The molecule has 3 nitrogen and oxygen atoms in total. The zero-order chi connectivity index (χ0) is 14.8. The monoisotopic (exact) mass is 319 g/mol. The van der Waals surface area contributed by atoms with Crippen molar-refractivity contribution in [1.82, 2.24) is 14.7 Å². The average Bonchev–Trinajstić information content (AvgIpc) is 3.02. The van der Waals surface area contributed by atoms with Crippen LogP contribution in [0.25, 0.3) is 4.96 Å². The largest absolute Gasteiger partial charge is 0.310 e. The Kier molecular flexibility index (Phi) is 4.29. The molecule has 3 rings (SSSR count). The standard InChI is InChI=1S/C16H18ClN3S/c1-3-18-15(14-8-12(17)5-4-11(14)2)9-13-10-20-6-7-21-16(20)19-13/h4-8,10,15,18H,3,9H2,1-2H3. The smallest absolute Gasteiger partial charge is 0.193 e. The third-order valence-electron chi connectivity index (χ3n) is 3.62. The van der Waals surface area contributed by atoms with E-state index in [1.54, 1.807) is 11.3 Å². The van der Waals surface area contributed by atoms with Crippen LogP contribution >= 0.6 is 22.9 Å². The Morgan fingerprint density at radius 3 is 3.05 bits per heavy atom. The number of aryl methyl sites for hydroxylation is 1. The first-order chi connectivity index (χ1) is 10.2. The Balaban J connectivity index is 1.90. The summed E-state index contributed by atoms with van der Waals surface area (Å²) in [5.41, 5.74) is 3.61. The molecule has 0 aliphatic rings. The maximum Gasteiger partial charge on any atom is 0.193 e. The van der Waals surface area contributed by atoms with Gasteiger partial charge in [-0.1, -0.05) is 24.6 Å². The van der Waals surface area contributed by atoms with Crippen molar-refractivity contribution in [2.45, 2.75) is 26.3 Å². The molecule has 5 heteroatoms. The van der Waals surface area contributed by atoms with Gasteiger partial charge in [0.15, 0.2) is 4.96 Å². The molecule has 0 saturated carbocycles. The van der Waals surface area contributed by atoms with Gasteiger partial charge in [-0.25, -0.2) is 4.98 Å². The Morgan fingerprint density at radius 1 is 1.43 bits per heavy atom. The molecule has 1 N–H and O–H groups in total. The summed E-state index contributed by atoms with van der Waals surface area (Å²) in [6, 6.07) is 6.31. The first-order valence-electron chi connectivity index (χ1n) is 7.08. The summed E-state index contributed by atoms with van der Waals surface area (Å²) in [4.78, 5) is 5.73. The van der Waals surface area contributed by atoms with Gasteiger partial charge in [0.25, 0.3) is 0 Å². The van der Waals surface area contributed by atoms with E-state index < -0.39 is 0 Å². The number of hydrogen-bond donors (Lipinski definition) is 1. The number of thiazole rings is 1. The average molecular weight is 320 g/mol. The molecule has 110 valence electrons. The molecule has 0 aliphatic carbocycles. The maximum absolute atomic E-state index is 6.16. The van der Waals surface area contributed by atoms with Crippen molar-refractivity contribution in [1.29, 1.82) is 0 Å². The number of benzene rings is 1. The molecule has 2 aromatic heterocycles. The van der Waals surface area contributed by atoms with E-state index in [9.17, 15) is 0 Å². The van der Waals surface area contributed by atoms with Gasteiger partial charge in [-0.05, 0) is 36.7 Å². The second-order valence-corrected chi connectivity index (χ2v) is 6.45. The van der Waals surface area contributed by atoms with E-state index in [0.717, 1.165) is 28.6 Å². The fourth-order valence-electron chi connectivity index (χ4n) is 2.61. The van der Waals surface area contributed by atoms with Crippen LogP contribution < -0.4 is 5.32 Å². The van der Waals surface area contributed by atoms with E-state index in [0.29, 0.717) is 0 Å². The number of imidazole rings is 1. The van der Waals surface area contributed by atoms with Crippen molar-refractivity contribution < 1.29 is 0 Å². The zero-order valence-corrected chi connectivity index (χ0v) is 13.7. The van der Waals surface area contributed by atoms with Gasteiger partial charge >= 0.3 is 0 Å². The topological polar surface area (TPSA) is 29.3 Å². The van der Waals surface area contributed by atoms with Gasteiger partial charge in [-0.3, -0.25) is 4.40 Å². The molecule has 0 saturated heterocycles. The van der Waals surface area contributed by atoms with Crippen LogP contribution in [0.2, 0.25) is 5.02 Å². The molecule has 3 aromatic rings. The SMILES string of the molecule is CCNC(Cc1cn2ccsc2n1)c1cc(Cl)ccc1C. The minimum atomic E-state index is 0.235. The lowest BCUT2D eigenvalue weighted by Gasteiger charge is -2.19. The predicted molar refractivity (Wildman–Crippen MR) is 89.4 cm³/mol. The molecule has 1 atom stereocenters. The molecular formula is C16H18ClN3S. The van der Waals surface area contributed by atoms with Crippen LogP contribution in [0.3, 0.4) is 0 Å². The van der Waals surface area contributed by atoms with Crippen LogP contribution in [0.5, 0.6) is 0 Å². The summed E-state index contributed by atoms with van der Waals surface area (Å²) < 4.78 is 2.08. The molecule has 0 bridgehead atoms. The molecule has 0 amide bonds. The third kappa shape index (κ3) is 3.12. The number of aromatic nitrogens is 2. The number of nitrogens with one attached hydrogen (secondary N) is 1. The third-order valence-corrected chi connectivity index (χ3v) is 4.63. The summed E-state index contributed by atoms with van der Waals surface area (Å²) >= 11 is 7.83. The quantitative estimate of drug-likeness (QED) is 0.761. The molecule has 1 unspecified atom stereocenters. The van der Waals surface area contributed by atoms with Crippen molar-refractivity contribution in [3.63, 3.8) is 0 Å². The van der Waals surface area contributed by atoms with Gasteiger partial charge in [0.2, 0.25) is 0 Å². The van der Waals surface area contributed by atoms with E-state index in [-0.39, 0.29) is 6.04 Å². The molecular weight excluding hydrogens is 302 g/mol. The normalized spacial score (nSPS) is 12.9. The van der Waals surface area contributed by atoms with Crippen LogP contribution in [0, 0.1) is 6.92 Å². The maximum atomic E-state index is 6.16. The van der Waals surface area contributed by atoms with E-state index in [4.69, 9.17) is 11.6 Å². The molecule has 0 fully saturated rings. The summed E-state index contributed by atoms with van der Waals surface area (Å²) in [6.45, 7) is 5.17. The summed E-state index contributed by atoms with van der Waals surface area (Å²) in [6.07, 6.45) is 5.02. The van der Waals surface area contributed by atoms with Gasteiger partial charge in [0.05, 0.1) is 5.69 Å². The van der Waals surface area contributed by atoms with E-state index in [1.165, 1.54) is 11.1 Å². The van der Waals surface area contributed by atoms with E-state index in [1.807, 2.05) is 12.3 Å². The second kappa shape index (κ2) is 6.18. The Morgan fingerprint density at radius 2 is 2.29 bits per heavy atom. The highest BCUT2D eigenvalue weighted by molar-refractivity contribution is 7.15. The highest BCUT2D eigenvalue weighted by Crippen LogP contribution is 2.25. The van der Waals surface area contributed by atoms with Gasteiger partial charge in [-0.15, -0.1) is 11.3 Å². The first-order valence-corrected chi connectivity index (χ1v) is 8.33. The highest BCUT2D eigenvalue weighted by atomic mass is 35.5. The fourth-order valence-corrected chi connectivity index (χ4v) is 3.51. The number of rotatable bonds is 5. The van der Waals surface area contributed by atoms with Crippen LogP contribution in [-0.2, 0) is 6.42 Å². The lowest BCUT2D eigenvalue weighted by molar-refractivity contribution is 0.543. The van der Waals surface area contributed by atoms with E-state index in [2.05, 4.69) is 52.3 Å². The number of hydrogen-bond acceptors (Lipinski definition) is 3. The van der Waals surface area contributed by atoms with Crippen molar-refractivity contribution in [2.24, 2.45) is 0 Å². The summed E-state index contributed by atoms with van der Waals surface area (Å²) in [5.74, 6) is 0. The van der Waals surface area contributed by atoms with Crippen LogP contribution in [-0.4, -0.2) is 15.9 Å². The summed E-state index contributed by atoms with van der Waals surface area (Å²) in [7, 11) is 0. The lowest BCUT2D eigenvalue weighted by atomic mass is 9.97. The Labute approximate surface area is 133 Å². The number of halogens is 1. The first kappa shape index (κ1) is 14.6. The number of nitrogens with zero attached hydrogens (tertiary/aromatic N) is 2. The lowest BCUT2D eigenvalue weighted by Crippen LogP contribution is -2.23. The number of likely N-dealkylation sites (N-methyl/N-ethyl adjacent to an activating group) is 1. The van der Waals surface area contributed by atoms with Crippen molar-refractivity contribution in [3.05, 3.63) is 57.8 Å². The van der Waals surface area contributed by atoms with Gasteiger partial charge in [0, 0.05) is 35.3 Å². The van der Waals surface area contributed by atoms with Crippen molar-refractivity contribution in [2.75, 3.05) is 6.54 Å². The minimum Gasteiger partial charge on any atom is -0.310 e. The molecule has 0 spiro atoms. The van der Waals surface area contributed by atoms with Crippen molar-refractivity contribution >= 4 is 27.9 Å². The van der Waals surface area contributed by atoms with Gasteiger partial charge in [0.1, 0.15) is 0 Å². The molecule has 21 heavy (non-hydrogen) atoms. The zero-order valence-electron chi connectivity index (χ0n) is 12.1. The predicted octanol–water partition coefficient (Wildman–Crippen LogP) is 4.25. The molecule has 1 aromatic carbocycles. The number of fused-ring (bicyclic) bond motifs is 1. The Bertz CT molecular complexity index is 718. The molecule has 0 radical (unpaired) electrons. The molecule has 2 heterocycles. The minimum absolute atomic E-state index is 0.235. The van der Waals surface area contributed by atoms with E-state index >= 15 is 0 Å². The van der Waals surface area contributed by atoms with Crippen molar-refractivity contribution in [3.8, 4) is 0 Å². The Hall–Kier alpha value is -1.36. The van der Waals surface area contributed by atoms with Crippen LogP contribution in [0.4, 0.5) is 0 Å². The summed E-state index contributed by atoms with van der Waals surface area (Å²) in [5, 5.41) is 6.38. The van der Waals surface area contributed by atoms with Crippen LogP contribution in [0.15, 0.2) is 36.0 Å². The second-order valence-electron chi connectivity index (χ2n) is 5.14. The van der Waals surface area contributed by atoms with Crippen LogP contribution in [0.1, 0.15) is 29.8 Å². The molecule has 0 aliphatic heterocycles. The fraction of sp³-hybridized carbons (Fsp3) is 0.312. The highest BCUT2D eigenvalue weighted by Gasteiger charge is 2.16. The van der Waals surface area contributed by atoms with Gasteiger partial charge < -0.3 is 5.32 Å².